The van der Waals surface area contributed by atoms with Crippen LogP contribution in [-0.4, -0.2) is 19.9 Å². The van der Waals surface area contributed by atoms with Crippen molar-refractivity contribution in [2.75, 3.05) is 13.8 Å². The summed E-state index contributed by atoms with van der Waals surface area (Å²) in [4.78, 5) is 11.1. The summed E-state index contributed by atoms with van der Waals surface area (Å²) < 4.78 is 14.5. The molecule has 0 saturated heterocycles. The van der Waals surface area contributed by atoms with Crippen molar-refractivity contribution in [3.63, 3.8) is 0 Å². The number of carbonyl (C=O) groups excluding carboxylic acids is 1. The lowest BCUT2D eigenvalue weighted by atomic mass is 10.2. The molecule has 0 saturated carbocycles. The summed E-state index contributed by atoms with van der Waals surface area (Å²) in [6, 6.07) is 9.41. The van der Waals surface area contributed by atoms with Gasteiger partial charge in [-0.05, 0) is 5.56 Å². The van der Waals surface area contributed by atoms with Crippen LogP contribution in [0.4, 0.5) is 4.79 Å². The van der Waals surface area contributed by atoms with Crippen molar-refractivity contribution in [1.29, 1.82) is 0 Å². The second kappa shape index (κ2) is 6.38. The highest BCUT2D eigenvalue weighted by molar-refractivity contribution is 7.46. The van der Waals surface area contributed by atoms with Crippen LogP contribution in [0.2, 0.25) is 0 Å². The van der Waals surface area contributed by atoms with Crippen molar-refractivity contribution < 1.29 is 18.6 Å². The van der Waals surface area contributed by atoms with E-state index in [1.165, 1.54) is 7.11 Å². The van der Waals surface area contributed by atoms with Gasteiger partial charge in [0.1, 0.15) is 6.61 Å². The van der Waals surface area contributed by atoms with Gasteiger partial charge in [0.05, 0.1) is 0 Å². The minimum atomic E-state index is -1.17. The molecule has 1 atom stereocenters. The number of carbonyl (C=O) groups is 1. The van der Waals surface area contributed by atoms with E-state index in [0.717, 1.165) is 5.56 Å². The fourth-order valence-electron chi connectivity index (χ4n) is 0.885. The molecule has 1 rings (SSSR count). The van der Waals surface area contributed by atoms with Gasteiger partial charge in [0.2, 0.25) is 8.38 Å². The SMILES string of the molecule is COP(C)OC(=O)OCc1ccccc1. The molecule has 1 unspecified atom stereocenters. The number of hydrogen-bond acceptors (Lipinski definition) is 4. The van der Waals surface area contributed by atoms with E-state index < -0.39 is 14.5 Å². The Morgan fingerprint density at radius 2 is 2.00 bits per heavy atom. The molecule has 0 spiro atoms. The van der Waals surface area contributed by atoms with Gasteiger partial charge in [-0.3, -0.25) is 0 Å². The van der Waals surface area contributed by atoms with Crippen LogP contribution in [0.3, 0.4) is 0 Å². The van der Waals surface area contributed by atoms with Crippen LogP contribution in [0.15, 0.2) is 30.3 Å². The van der Waals surface area contributed by atoms with E-state index >= 15 is 0 Å². The number of hydrogen-bond donors (Lipinski definition) is 0. The topological polar surface area (TPSA) is 44.8 Å². The van der Waals surface area contributed by atoms with Crippen LogP contribution in [-0.2, 0) is 20.4 Å². The van der Waals surface area contributed by atoms with E-state index in [9.17, 15) is 4.79 Å². The summed E-state index contributed by atoms with van der Waals surface area (Å²) in [6.45, 7) is 1.89. The number of rotatable bonds is 4. The fourth-order valence-corrected chi connectivity index (χ4v) is 1.22. The Kier molecular flexibility index (Phi) is 5.08. The van der Waals surface area contributed by atoms with Gasteiger partial charge in [0.25, 0.3) is 0 Å². The van der Waals surface area contributed by atoms with Crippen molar-refractivity contribution in [3.05, 3.63) is 35.9 Å². The van der Waals surface area contributed by atoms with Gasteiger partial charge in [0, 0.05) is 13.8 Å². The molecule has 0 N–H and O–H groups in total. The Hall–Kier alpha value is -1.12. The van der Waals surface area contributed by atoms with Gasteiger partial charge in [-0.2, -0.15) is 0 Å². The summed E-state index contributed by atoms with van der Waals surface area (Å²) >= 11 is 0. The smallest absolute Gasteiger partial charge is 0.429 e. The third kappa shape index (κ3) is 4.77. The van der Waals surface area contributed by atoms with E-state index in [1.54, 1.807) is 6.66 Å². The maximum absolute atomic E-state index is 11.1. The first-order valence-corrected chi connectivity index (χ1v) is 6.01. The van der Waals surface area contributed by atoms with E-state index in [4.69, 9.17) is 13.8 Å². The van der Waals surface area contributed by atoms with Crippen molar-refractivity contribution in [2.45, 2.75) is 6.61 Å². The van der Waals surface area contributed by atoms with Gasteiger partial charge in [-0.1, -0.05) is 30.3 Å². The van der Waals surface area contributed by atoms with E-state index in [-0.39, 0.29) is 6.61 Å². The van der Waals surface area contributed by atoms with Crippen LogP contribution in [0.5, 0.6) is 0 Å². The molecular formula is C10H13O4P. The highest BCUT2D eigenvalue weighted by atomic mass is 31.2. The fraction of sp³-hybridized carbons (Fsp3) is 0.300. The van der Waals surface area contributed by atoms with Crippen LogP contribution in [0.1, 0.15) is 5.56 Å². The molecule has 82 valence electrons. The molecule has 0 radical (unpaired) electrons. The van der Waals surface area contributed by atoms with E-state index in [1.807, 2.05) is 30.3 Å². The van der Waals surface area contributed by atoms with Crippen molar-refractivity contribution in [1.82, 2.24) is 0 Å². The summed E-state index contributed by atoms with van der Waals surface area (Å²) in [5.74, 6) is 0. The first kappa shape index (κ1) is 12.0. The lowest BCUT2D eigenvalue weighted by Gasteiger charge is -2.09. The third-order valence-corrected chi connectivity index (χ3v) is 2.58. The monoisotopic (exact) mass is 228 g/mol. The van der Waals surface area contributed by atoms with Gasteiger partial charge in [-0.15, -0.1) is 0 Å². The first-order chi connectivity index (χ1) is 7.22. The minimum Gasteiger partial charge on any atom is -0.429 e. The molecule has 0 aliphatic heterocycles. The standard InChI is InChI=1S/C10H13O4P/c1-12-15(2)14-10(11)13-8-9-6-4-3-5-7-9/h3-7H,8H2,1-2H3. The van der Waals surface area contributed by atoms with Gasteiger partial charge in [-0.25, -0.2) is 4.79 Å². The minimum absolute atomic E-state index is 0.215. The summed E-state index contributed by atoms with van der Waals surface area (Å²) in [5, 5.41) is 0. The predicted octanol–water partition coefficient (Wildman–Crippen LogP) is 2.93. The molecule has 15 heavy (non-hydrogen) atoms. The Morgan fingerprint density at radius 1 is 1.33 bits per heavy atom. The van der Waals surface area contributed by atoms with Crippen LogP contribution < -0.4 is 0 Å². The predicted molar refractivity (Wildman–Crippen MR) is 57.6 cm³/mol. The average molecular weight is 228 g/mol. The van der Waals surface area contributed by atoms with Crippen LogP contribution in [0.25, 0.3) is 0 Å². The molecule has 1 aromatic carbocycles. The first-order valence-electron chi connectivity index (χ1n) is 4.39. The van der Waals surface area contributed by atoms with E-state index in [0.29, 0.717) is 0 Å². The lowest BCUT2D eigenvalue weighted by Crippen LogP contribution is -2.04. The number of ether oxygens (including phenoxy) is 1. The molecule has 1 aromatic rings. The molecule has 0 aromatic heterocycles. The Labute approximate surface area is 90.1 Å². The molecule has 0 bridgehead atoms. The maximum atomic E-state index is 11.1. The second-order valence-electron chi connectivity index (χ2n) is 2.74. The summed E-state index contributed by atoms with van der Waals surface area (Å²) in [5.41, 5.74) is 0.923. The molecule has 0 aliphatic rings. The normalized spacial score (nSPS) is 11.9. The average Bonchev–Trinajstić information content (AvgIpc) is 2.27. The Balaban J connectivity index is 2.29. The summed E-state index contributed by atoms with van der Waals surface area (Å²) in [6.07, 6.45) is -0.700. The molecule has 4 nitrogen and oxygen atoms in total. The molecule has 5 heteroatoms. The van der Waals surface area contributed by atoms with E-state index in [2.05, 4.69) is 0 Å². The van der Waals surface area contributed by atoms with Crippen LogP contribution in [0, 0.1) is 0 Å². The quantitative estimate of drug-likeness (QED) is 0.587. The lowest BCUT2D eigenvalue weighted by molar-refractivity contribution is 0.0926. The zero-order valence-corrected chi connectivity index (χ0v) is 9.57. The number of benzene rings is 1. The largest absolute Gasteiger partial charge is 0.513 e. The van der Waals surface area contributed by atoms with Crippen molar-refractivity contribution in [3.8, 4) is 0 Å². The third-order valence-electron chi connectivity index (χ3n) is 1.66. The Bertz CT molecular complexity index is 302. The zero-order chi connectivity index (χ0) is 11.1. The van der Waals surface area contributed by atoms with Crippen molar-refractivity contribution >= 4 is 14.5 Å². The van der Waals surface area contributed by atoms with Gasteiger partial charge < -0.3 is 13.8 Å². The van der Waals surface area contributed by atoms with Crippen molar-refractivity contribution in [2.24, 2.45) is 0 Å². The summed E-state index contributed by atoms with van der Waals surface area (Å²) in [7, 11) is 0.310. The molecule has 0 fully saturated rings. The Morgan fingerprint density at radius 3 is 2.60 bits per heavy atom. The molecular weight excluding hydrogens is 215 g/mol. The zero-order valence-electron chi connectivity index (χ0n) is 8.67. The highest BCUT2D eigenvalue weighted by Gasteiger charge is 2.10. The molecule has 0 amide bonds. The maximum Gasteiger partial charge on any atom is 0.513 e. The molecule has 0 heterocycles. The van der Waals surface area contributed by atoms with Gasteiger partial charge in [0.15, 0.2) is 0 Å². The van der Waals surface area contributed by atoms with Crippen LogP contribution >= 0.6 is 8.38 Å². The second-order valence-corrected chi connectivity index (χ2v) is 4.16. The van der Waals surface area contributed by atoms with Gasteiger partial charge >= 0.3 is 6.16 Å². The molecule has 0 aliphatic carbocycles. The highest BCUT2D eigenvalue weighted by Crippen LogP contribution is 2.32.